The van der Waals surface area contributed by atoms with Crippen LogP contribution < -0.4 is 9.74 Å². The molecule has 1 aromatic heterocycles. The fourth-order valence-electron chi connectivity index (χ4n) is 3.59. The minimum absolute atomic E-state index is 0.0276. The molecule has 0 fully saturated rings. The normalized spacial score (nSPS) is 11.1. The number of rotatable bonds is 6. The monoisotopic (exact) mass is 435 g/mol. The van der Waals surface area contributed by atoms with Gasteiger partial charge >= 0.3 is 5.69 Å². The van der Waals surface area contributed by atoms with Gasteiger partial charge < -0.3 is 15.3 Å². The number of benzene rings is 2. The summed E-state index contributed by atoms with van der Waals surface area (Å²) in [7, 11) is 0. The number of hydrogen-bond acceptors (Lipinski definition) is 5. The van der Waals surface area contributed by atoms with E-state index in [9.17, 15) is 24.5 Å². The maximum atomic E-state index is 12.9. The molecule has 0 aliphatic rings. The van der Waals surface area contributed by atoms with E-state index in [2.05, 4.69) is 5.32 Å². The first-order valence-corrected chi connectivity index (χ1v) is 10.3. The van der Waals surface area contributed by atoms with Crippen LogP contribution >= 0.6 is 0 Å². The number of nitrogens with one attached hydrogen (secondary N) is 1. The smallest absolute Gasteiger partial charge is 0.325 e. The van der Waals surface area contributed by atoms with Crippen LogP contribution in [0.1, 0.15) is 59.1 Å². The maximum Gasteiger partial charge on any atom is 0.325 e. The Morgan fingerprint density at radius 1 is 1.06 bits per heavy atom. The molecular weight excluding hydrogens is 410 g/mol. The molecule has 3 rings (SSSR count). The average molecular weight is 435 g/mol. The quantitative estimate of drug-likeness (QED) is 0.274. The van der Waals surface area contributed by atoms with Crippen LogP contribution in [0.15, 0.2) is 36.4 Å². The molecule has 0 aliphatic carbocycles. The molecule has 32 heavy (non-hydrogen) atoms. The largest absolute Gasteiger partial charge is 0.805 e. The van der Waals surface area contributed by atoms with Gasteiger partial charge in [0.2, 0.25) is 11.6 Å². The van der Waals surface area contributed by atoms with Crippen molar-refractivity contribution in [1.82, 2.24) is 4.73 Å². The lowest BCUT2D eigenvalue weighted by Crippen LogP contribution is -2.33. The molecule has 0 saturated carbocycles. The van der Waals surface area contributed by atoms with Crippen molar-refractivity contribution in [3.63, 3.8) is 0 Å². The Bertz CT molecular complexity index is 1320. The number of hydrogen-bond donors (Lipinski definition) is 1. The van der Waals surface area contributed by atoms with Crippen molar-refractivity contribution in [3.8, 4) is 0 Å². The van der Waals surface area contributed by atoms with Crippen LogP contribution in [0.2, 0.25) is 0 Å². The molecule has 3 aromatic rings. The Balaban J connectivity index is 1.90. The first kappa shape index (κ1) is 22.9. The Morgan fingerprint density at radius 3 is 2.34 bits per heavy atom. The zero-order valence-corrected chi connectivity index (χ0v) is 18.7. The molecule has 166 valence electrons. The molecule has 0 unspecified atom stereocenters. The highest BCUT2D eigenvalue weighted by atomic mass is 16.5. The Kier molecular flexibility index (Phi) is 6.25. The number of anilines is 1. The molecule has 1 heterocycles. The number of fused-ring (bicyclic) bond motifs is 1. The third kappa shape index (κ3) is 4.16. The van der Waals surface area contributed by atoms with Crippen LogP contribution in [0.3, 0.4) is 0 Å². The van der Waals surface area contributed by atoms with Crippen LogP contribution in [-0.2, 0) is 9.59 Å². The van der Waals surface area contributed by atoms with Gasteiger partial charge in [0.15, 0.2) is 0 Å². The van der Waals surface area contributed by atoms with Crippen LogP contribution in [-0.4, -0.2) is 22.2 Å². The highest BCUT2D eigenvalue weighted by Gasteiger charge is 2.30. The van der Waals surface area contributed by atoms with Gasteiger partial charge in [-0.3, -0.25) is 14.4 Å². The highest BCUT2D eigenvalue weighted by molar-refractivity contribution is 6.44. The number of nitrogens with zero attached hydrogens (tertiary/aromatic N) is 2. The van der Waals surface area contributed by atoms with E-state index in [-0.39, 0.29) is 22.6 Å². The van der Waals surface area contributed by atoms with Gasteiger partial charge in [0.25, 0.3) is 11.4 Å². The lowest BCUT2D eigenvalue weighted by Gasteiger charge is -2.17. The molecule has 1 N–H and O–H groups in total. The number of aryl methyl sites for hydroxylation is 2. The van der Waals surface area contributed by atoms with Crippen molar-refractivity contribution in [2.45, 2.75) is 47.0 Å². The number of aromatic nitrogens is 2. The molecule has 8 nitrogen and oxygen atoms in total. The summed E-state index contributed by atoms with van der Waals surface area (Å²) in [6.45, 7) is 8.84. The molecule has 1 amide bonds. The van der Waals surface area contributed by atoms with Crippen LogP contribution in [0, 0.1) is 30.9 Å². The van der Waals surface area contributed by atoms with E-state index in [4.69, 9.17) is 0 Å². The molecule has 0 atom stereocenters. The zero-order valence-electron chi connectivity index (χ0n) is 18.7. The van der Waals surface area contributed by atoms with E-state index in [0.717, 1.165) is 16.7 Å². The molecular formula is C24H25N3O5. The fraction of sp³-hybridized carbons (Fsp3) is 0.292. The van der Waals surface area contributed by atoms with Gasteiger partial charge in [0.05, 0.1) is 16.5 Å². The summed E-state index contributed by atoms with van der Waals surface area (Å²) in [5, 5.41) is 15.2. The van der Waals surface area contributed by atoms with Gasteiger partial charge in [-0.2, -0.15) is 0 Å². The maximum absolute atomic E-state index is 12.9. The summed E-state index contributed by atoms with van der Waals surface area (Å²) < 4.78 is 0.875. The molecule has 2 aromatic carbocycles. The fourth-order valence-corrected chi connectivity index (χ4v) is 3.59. The standard InChI is InChI=1S/C24H25N3O5/c1-13(2)17-8-6-7-9-18(17)25-24(30)22(29)12-21(28)23-16(5)26(31)19-10-14(3)15(4)11-20(19)27(23)32/h6-11,13H,12H2,1-5H3,(H,25,30). The number of ketones is 2. The molecule has 0 spiro atoms. The summed E-state index contributed by atoms with van der Waals surface area (Å²) in [6.07, 6.45) is -0.824. The Morgan fingerprint density at radius 2 is 1.69 bits per heavy atom. The number of Topliss-reactive ketones (excluding diaryl/α,β-unsaturated/α-hetero) is 2. The van der Waals surface area contributed by atoms with E-state index >= 15 is 0 Å². The summed E-state index contributed by atoms with van der Waals surface area (Å²) in [6, 6.07) is 10.2. The van der Waals surface area contributed by atoms with Gasteiger partial charge in [-0.05, 0) is 55.5 Å². The SMILES string of the molecule is Cc1cc2c(cc1C)[n+](=O)c(C(=O)CC(=O)C(=O)Nc1ccccc1C(C)C)c(C)n2[O-]. The predicted octanol–water partition coefficient (Wildman–Crippen LogP) is 3.73. The van der Waals surface area contributed by atoms with Gasteiger partial charge in [-0.1, -0.05) is 32.0 Å². The van der Waals surface area contributed by atoms with Gasteiger partial charge in [-0.15, -0.1) is 0 Å². The minimum atomic E-state index is -0.995. The van der Waals surface area contributed by atoms with Crippen molar-refractivity contribution >= 4 is 34.2 Å². The van der Waals surface area contributed by atoms with Crippen LogP contribution in [0.25, 0.3) is 11.0 Å². The molecule has 0 aliphatic heterocycles. The van der Waals surface area contributed by atoms with E-state index in [1.54, 1.807) is 25.1 Å². The third-order valence-corrected chi connectivity index (χ3v) is 5.55. The van der Waals surface area contributed by atoms with E-state index in [1.165, 1.54) is 13.0 Å². The second-order valence-electron chi connectivity index (χ2n) is 8.17. The zero-order chi connectivity index (χ0) is 23.7. The van der Waals surface area contributed by atoms with Crippen LogP contribution in [0.4, 0.5) is 5.69 Å². The highest BCUT2D eigenvalue weighted by Crippen LogP contribution is 2.24. The third-order valence-electron chi connectivity index (χ3n) is 5.55. The predicted molar refractivity (Wildman–Crippen MR) is 121 cm³/mol. The van der Waals surface area contributed by atoms with Crippen molar-refractivity contribution in [2.24, 2.45) is 0 Å². The van der Waals surface area contributed by atoms with E-state index < -0.39 is 29.6 Å². The first-order chi connectivity index (χ1) is 15.0. The lowest BCUT2D eigenvalue weighted by atomic mass is 10.0. The molecule has 0 radical (unpaired) electrons. The summed E-state index contributed by atoms with van der Waals surface area (Å²) in [5.74, 6) is -2.73. The second kappa shape index (κ2) is 8.74. The number of carbonyl (C=O) groups excluding carboxylic acids is 3. The summed E-state index contributed by atoms with van der Waals surface area (Å²) in [5.41, 5.74) is 2.53. The Hall–Kier alpha value is -3.81. The van der Waals surface area contributed by atoms with Crippen molar-refractivity contribution in [2.75, 3.05) is 5.32 Å². The van der Waals surface area contributed by atoms with Gasteiger partial charge in [-0.25, -0.2) is 0 Å². The van der Waals surface area contributed by atoms with Gasteiger partial charge in [0.1, 0.15) is 5.52 Å². The van der Waals surface area contributed by atoms with E-state index in [1.807, 2.05) is 32.9 Å². The van der Waals surface area contributed by atoms with Crippen molar-refractivity contribution < 1.29 is 18.8 Å². The van der Waals surface area contributed by atoms with E-state index in [0.29, 0.717) is 14.8 Å². The lowest BCUT2D eigenvalue weighted by molar-refractivity contribution is -0.468. The first-order valence-electron chi connectivity index (χ1n) is 10.3. The molecule has 8 heteroatoms. The Labute approximate surface area is 185 Å². The second-order valence-corrected chi connectivity index (χ2v) is 8.17. The summed E-state index contributed by atoms with van der Waals surface area (Å²) >= 11 is 0. The van der Waals surface area contributed by atoms with Gasteiger partial charge in [0, 0.05) is 16.7 Å². The van der Waals surface area contributed by atoms with Crippen molar-refractivity contribution in [1.29, 1.82) is 0 Å². The van der Waals surface area contributed by atoms with Crippen molar-refractivity contribution in [3.05, 3.63) is 74.6 Å². The number of carbonyl (C=O) groups is 3. The number of para-hydroxylation sites is 1. The number of amides is 1. The topological polar surface area (TPSA) is 114 Å². The average Bonchev–Trinajstić information content (AvgIpc) is 2.73. The molecule has 0 saturated heterocycles. The molecule has 0 bridgehead atoms. The summed E-state index contributed by atoms with van der Waals surface area (Å²) in [4.78, 5) is 50.6. The minimum Gasteiger partial charge on any atom is -0.805 e. The van der Waals surface area contributed by atoms with Crippen LogP contribution in [0.5, 0.6) is 0 Å².